The van der Waals surface area contributed by atoms with Gasteiger partial charge in [0.05, 0.1) is 12.7 Å². The summed E-state index contributed by atoms with van der Waals surface area (Å²) in [5, 5.41) is 18.2. The first-order valence-corrected chi connectivity index (χ1v) is 4.41. The van der Waals surface area contributed by atoms with Crippen LogP contribution in [-0.4, -0.2) is 47.4 Å². The second kappa shape index (κ2) is 4.92. The number of carbonyl (C=O) groups is 2. The van der Waals surface area contributed by atoms with E-state index < -0.39 is 11.9 Å². The van der Waals surface area contributed by atoms with Crippen LogP contribution in [0.3, 0.4) is 0 Å². The zero-order chi connectivity index (χ0) is 10.6. The van der Waals surface area contributed by atoms with Crippen LogP contribution in [0.2, 0.25) is 0 Å². The number of rotatable bonds is 0. The molecule has 0 radical (unpaired) electrons. The van der Waals surface area contributed by atoms with Crippen molar-refractivity contribution >= 4 is 11.9 Å². The molecule has 0 aromatic carbocycles. The van der Waals surface area contributed by atoms with E-state index in [4.69, 9.17) is 24.5 Å². The lowest BCUT2D eigenvalue weighted by molar-refractivity contribution is -0.159. The number of carboxylic acid groups (broad SMARTS) is 2. The van der Waals surface area contributed by atoms with Crippen molar-refractivity contribution in [3.63, 3.8) is 0 Å². The van der Waals surface area contributed by atoms with E-state index in [-0.39, 0.29) is 0 Å². The second-order valence-corrected chi connectivity index (χ2v) is 3.25. The molecule has 6 nitrogen and oxygen atoms in total. The van der Waals surface area contributed by atoms with Gasteiger partial charge in [-0.25, -0.2) is 9.59 Å². The third-order valence-corrected chi connectivity index (χ3v) is 2.19. The maximum atomic E-state index is 9.10. The minimum atomic E-state index is -1.82. The summed E-state index contributed by atoms with van der Waals surface area (Å²) < 4.78 is 5.41. The molecule has 3 rings (SSSR count). The number of hydrogen-bond acceptors (Lipinski definition) is 4. The van der Waals surface area contributed by atoms with Crippen LogP contribution in [0.15, 0.2) is 0 Å². The number of piperidine rings is 1. The molecule has 14 heavy (non-hydrogen) atoms. The van der Waals surface area contributed by atoms with Crippen LogP contribution in [0, 0.1) is 0 Å². The van der Waals surface area contributed by atoms with Crippen LogP contribution < -0.4 is 5.32 Å². The average molecular weight is 203 g/mol. The van der Waals surface area contributed by atoms with Gasteiger partial charge in [0.1, 0.15) is 0 Å². The third kappa shape index (κ3) is 3.31. The Balaban J connectivity index is 0.000000149. The zero-order valence-corrected chi connectivity index (χ0v) is 7.60. The highest BCUT2D eigenvalue weighted by Gasteiger charge is 2.26. The minimum Gasteiger partial charge on any atom is -0.473 e. The van der Waals surface area contributed by atoms with Crippen LogP contribution >= 0.6 is 0 Å². The summed E-state index contributed by atoms with van der Waals surface area (Å²) in [6, 6.07) is 0.681. The van der Waals surface area contributed by atoms with Gasteiger partial charge in [-0.15, -0.1) is 0 Å². The summed E-state index contributed by atoms with van der Waals surface area (Å²) in [7, 11) is 0. The quantitative estimate of drug-likeness (QED) is 0.450. The SMILES string of the molecule is C1CC2CNC1CO2.O=C(O)C(=O)O. The topological polar surface area (TPSA) is 95.9 Å². The summed E-state index contributed by atoms with van der Waals surface area (Å²) >= 11 is 0. The van der Waals surface area contributed by atoms with Crippen molar-refractivity contribution in [1.82, 2.24) is 5.32 Å². The Morgan fingerprint density at radius 2 is 1.86 bits per heavy atom. The fraction of sp³-hybridized carbons (Fsp3) is 0.750. The smallest absolute Gasteiger partial charge is 0.414 e. The average Bonchev–Trinajstić information content (AvgIpc) is 2.21. The highest BCUT2D eigenvalue weighted by Crippen LogP contribution is 2.17. The summed E-state index contributed by atoms with van der Waals surface area (Å²) in [5.74, 6) is -3.65. The highest BCUT2D eigenvalue weighted by molar-refractivity contribution is 6.27. The van der Waals surface area contributed by atoms with Crippen molar-refractivity contribution in [2.75, 3.05) is 13.2 Å². The van der Waals surface area contributed by atoms with Gasteiger partial charge in [-0.05, 0) is 12.8 Å². The van der Waals surface area contributed by atoms with Gasteiger partial charge in [0.2, 0.25) is 0 Å². The first kappa shape index (κ1) is 10.9. The molecule has 3 N–H and O–H groups in total. The third-order valence-electron chi connectivity index (χ3n) is 2.19. The molecule has 80 valence electrons. The highest BCUT2D eigenvalue weighted by atomic mass is 16.5. The van der Waals surface area contributed by atoms with E-state index in [2.05, 4.69) is 5.32 Å². The summed E-state index contributed by atoms with van der Waals surface area (Å²) in [6.07, 6.45) is 3.14. The lowest BCUT2D eigenvalue weighted by atomic mass is 10.0. The molecular formula is C8H13NO5. The normalized spacial score (nSPS) is 28.9. The van der Waals surface area contributed by atoms with E-state index in [0.717, 1.165) is 13.2 Å². The van der Waals surface area contributed by atoms with Crippen molar-refractivity contribution in [2.45, 2.75) is 25.0 Å². The summed E-state index contributed by atoms with van der Waals surface area (Å²) in [6.45, 7) is 2.04. The van der Waals surface area contributed by atoms with E-state index >= 15 is 0 Å². The van der Waals surface area contributed by atoms with Gasteiger partial charge in [0, 0.05) is 12.6 Å². The van der Waals surface area contributed by atoms with E-state index in [1.807, 2.05) is 0 Å². The number of hydrogen-bond donors (Lipinski definition) is 3. The first-order chi connectivity index (χ1) is 6.59. The standard InChI is InChI=1S/C6H11NO.C2H2O4/c1-2-6-3-7-5(1)4-8-6;3-1(4)2(5)6/h5-7H,1-4H2;(H,3,4)(H,5,6). The number of carboxylic acids is 2. The molecule has 0 aromatic heterocycles. The van der Waals surface area contributed by atoms with Gasteiger partial charge in [0.15, 0.2) is 0 Å². The minimum absolute atomic E-state index is 0.542. The Labute approximate surface area is 80.9 Å². The Morgan fingerprint density at radius 3 is 1.93 bits per heavy atom. The van der Waals surface area contributed by atoms with E-state index in [1.165, 1.54) is 12.8 Å². The molecule has 0 aromatic rings. The van der Waals surface area contributed by atoms with E-state index in [9.17, 15) is 0 Å². The van der Waals surface area contributed by atoms with Gasteiger partial charge in [-0.2, -0.15) is 0 Å². The lowest BCUT2D eigenvalue weighted by Gasteiger charge is -2.36. The predicted octanol–water partition coefficient (Wildman–Crippen LogP) is -0.707. The fourth-order valence-corrected chi connectivity index (χ4v) is 1.43. The molecule has 0 amide bonds. The fourth-order valence-electron chi connectivity index (χ4n) is 1.43. The Hall–Kier alpha value is -1.14. The van der Waals surface area contributed by atoms with Gasteiger partial charge in [-0.1, -0.05) is 0 Å². The van der Waals surface area contributed by atoms with Crippen LogP contribution in [0.1, 0.15) is 12.8 Å². The monoisotopic (exact) mass is 203 g/mol. The molecule has 6 heteroatoms. The van der Waals surface area contributed by atoms with Crippen LogP contribution in [-0.2, 0) is 14.3 Å². The molecule has 3 fully saturated rings. The summed E-state index contributed by atoms with van der Waals surface area (Å²) in [5.41, 5.74) is 0. The van der Waals surface area contributed by atoms with Gasteiger partial charge in [0.25, 0.3) is 0 Å². The molecule has 0 spiro atoms. The van der Waals surface area contributed by atoms with Gasteiger partial charge < -0.3 is 20.3 Å². The van der Waals surface area contributed by atoms with Gasteiger partial charge >= 0.3 is 11.9 Å². The molecule has 2 unspecified atom stereocenters. The molecule has 3 aliphatic heterocycles. The van der Waals surface area contributed by atoms with Crippen molar-refractivity contribution in [3.8, 4) is 0 Å². The Kier molecular flexibility index (Phi) is 3.84. The van der Waals surface area contributed by atoms with Crippen molar-refractivity contribution in [2.24, 2.45) is 0 Å². The van der Waals surface area contributed by atoms with Crippen LogP contribution in [0.4, 0.5) is 0 Å². The van der Waals surface area contributed by atoms with Gasteiger partial charge in [-0.3, -0.25) is 0 Å². The number of ether oxygens (including phenoxy) is 1. The molecule has 3 saturated heterocycles. The number of nitrogens with one attached hydrogen (secondary N) is 1. The molecule has 3 heterocycles. The molecule has 2 atom stereocenters. The molecule has 0 aliphatic carbocycles. The van der Waals surface area contributed by atoms with Crippen molar-refractivity contribution in [1.29, 1.82) is 0 Å². The first-order valence-electron chi connectivity index (χ1n) is 4.41. The Bertz CT molecular complexity index is 187. The van der Waals surface area contributed by atoms with Crippen molar-refractivity contribution in [3.05, 3.63) is 0 Å². The number of aliphatic carboxylic acids is 2. The summed E-state index contributed by atoms with van der Waals surface area (Å²) in [4.78, 5) is 18.2. The largest absolute Gasteiger partial charge is 0.473 e. The molecule has 0 saturated carbocycles. The second-order valence-electron chi connectivity index (χ2n) is 3.25. The molecular weight excluding hydrogens is 190 g/mol. The number of morpholine rings is 1. The molecule has 3 aliphatic rings. The lowest BCUT2D eigenvalue weighted by Crippen LogP contribution is -2.51. The van der Waals surface area contributed by atoms with Crippen LogP contribution in [0.25, 0.3) is 0 Å². The zero-order valence-electron chi connectivity index (χ0n) is 7.60. The van der Waals surface area contributed by atoms with Crippen LogP contribution in [0.5, 0.6) is 0 Å². The maximum absolute atomic E-state index is 9.10. The maximum Gasteiger partial charge on any atom is 0.414 e. The molecule has 2 bridgehead atoms. The Morgan fingerprint density at radius 1 is 1.21 bits per heavy atom. The van der Waals surface area contributed by atoms with E-state index in [0.29, 0.717) is 12.1 Å². The van der Waals surface area contributed by atoms with E-state index in [1.54, 1.807) is 0 Å². The van der Waals surface area contributed by atoms with Crippen molar-refractivity contribution < 1.29 is 24.5 Å². The predicted molar refractivity (Wildman–Crippen MR) is 46.0 cm³/mol. The number of fused-ring (bicyclic) bond motifs is 3.